The van der Waals surface area contributed by atoms with Gasteiger partial charge in [-0.3, -0.25) is 4.79 Å². The van der Waals surface area contributed by atoms with E-state index in [9.17, 15) is 4.79 Å². The number of nitrogens with one attached hydrogen (secondary N) is 1. The summed E-state index contributed by atoms with van der Waals surface area (Å²) in [6.07, 6.45) is 5.12. The highest BCUT2D eigenvalue weighted by Crippen LogP contribution is 2.32. The predicted octanol–water partition coefficient (Wildman–Crippen LogP) is 3.53. The molecule has 0 saturated carbocycles. The molecule has 1 N–H and O–H groups in total. The van der Waals surface area contributed by atoms with E-state index in [-0.39, 0.29) is 5.91 Å². The van der Waals surface area contributed by atoms with E-state index in [4.69, 9.17) is 4.74 Å². The van der Waals surface area contributed by atoms with Crippen LogP contribution in [-0.2, 0) is 17.6 Å². The molecule has 0 radical (unpaired) electrons. The summed E-state index contributed by atoms with van der Waals surface area (Å²) in [7, 11) is 0. The Balaban J connectivity index is 1.35. The van der Waals surface area contributed by atoms with Gasteiger partial charge in [0.25, 0.3) is 5.91 Å². The van der Waals surface area contributed by atoms with Gasteiger partial charge in [-0.25, -0.2) is 5.43 Å². The van der Waals surface area contributed by atoms with Gasteiger partial charge in [-0.15, -0.1) is 22.7 Å². The van der Waals surface area contributed by atoms with Crippen molar-refractivity contribution in [3.63, 3.8) is 0 Å². The number of rotatable bonds is 4. The lowest BCUT2D eigenvalue weighted by Crippen LogP contribution is -2.35. The normalized spacial score (nSPS) is 20.3. The van der Waals surface area contributed by atoms with Crippen LogP contribution in [0.5, 0.6) is 0 Å². The molecule has 138 valence electrons. The lowest BCUT2D eigenvalue weighted by Gasteiger charge is -2.27. The summed E-state index contributed by atoms with van der Waals surface area (Å²) in [6.45, 7) is 5.68. The largest absolute Gasteiger partial charge is 0.378 e. The highest BCUT2D eigenvalue weighted by atomic mass is 32.1. The number of hydrazone groups is 1. The molecule has 0 aromatic carbocycles. The Kier molecular flexibility index (Phi) is 5.38. The van der Waals surface area contributed by atoms with Crippen molar-refractivity contribution >= 4 is 39.8 Å². The number of carbonyl (C=O) groups excluding carboxylic acids is 1. The molecule has 2 aromatic heterocycles. The van der Waals surface area contributed by atoms with Gasteiger partial charge in [0, 0.05) is 22.8 Å². The zero-order valence-corrected chi connectivity index (χ0v) is 16.5. The number of hydrogen-bond acceptors (Lipinski definition) is 6. The summed E-state index contributed by atoms with van der Waals surface area (Å²) in [5.74, 6) is 0.601. The van der Waals surface area contributed by atoms with E-state index in [1.807, 2.05) is 12.1 Å². The van der Waals surface area contributed by atoms with Crippen LogP contribution in [0.25, 0.3) is 0 Å². The molecule has 4 rings (SSSR count). The summed E-state index contributed by atoms with van der Waals surface area (Å²) >= 11 is 3.29. The molecule has 1 aliphatic carbocycles. The third-order valence-electron chi connectivity index (χ3n) is 4.85. The second kappa shape index (κ2) is 7.90. The molecule has 1 unspecified atom stereocenters. The zero-order chi connectivity index (χ0) is 17.9. The predicted molar refractivity (Wildman–Crippen MR) is 108 cm³/mol. The third kappa shape index (κ3) is 4.00. The van der Waals surface area contributed by atoms with E-state index in [0.717, 1.165) is 48.9 Å². The van der Waals surface area contributed by atoms with E-state index in [1.54, 1.807) is 28.9 Å². The Labute approximate surface area is 161 Å². The Morgan fingerprint density at radius 1 is 1.35 bits per heavy atom. The van der Waals surface area contributed by atoms with E-state index in [2.05, 4.69) is 28.4 Å². The van der Waals surface area contributed by atoms with Gasteiger partial charge >= 0.3 is 0 Å². The molecule has 2 aromatic rings. The van der Waals surface area contributed by atoms with Crippen LogP contribution < -0.4 is 10.3 Å². The number of carbonyl (C=O) groups is 1. The molecule has 26 heavy (non-hydrogen) atoms. The molecule has 1 atom stereocenters. The summed E-state index contributed by atoms with van der Waals surface area (Å²) in [5, 5.41) is 5.37. The first kappa shape index (κ1) is 17.7. The van der Waals surface area contributed by atoms with Gasteiger partial charge in [0.2, 0.25) is 0 Å². The molecule has 0 spiro atoms. The maximum absolute atomic E-state index is 12.4. The topological polar surface area (TPSA) is 53.9 Å². The minimum absolute atomic E-state index is 0.113. The SMILES string of the molecule is CC1CCc2sc(C(=O)NN=Cc3ccc(N4CCOCC4)s3)cc2C1. The van der Waals surface area contributed by atoms with E-state index < -0.39 is 0 Å². The smallest absolute Gasteiger partial charge is 0.281 e. The number of fused-ring (bicyclic) bond motifs is 1. The van der Waals surface area contributed by atoms with Gasteiger partial charge in [0.1, 0.15) is 0 Å². The summed E-state index contributed by atoms with van der Waals surface area (Å²) in [4.78, 5) is 17.8. The lowest BCUT2D eigenvalue weighted by atomic mass is 9.90. The first-order chi connectivity index (χ1) is 12.7. The van der Waals surface area contributed by atoms with Crippen molar-refractivity contribution in [2.75, 3.05) is 31.2 Å². The summed E-state index contributed by atoms with van der Waals surface area (Å²) in [6, 6.07) is 6.19. The monoisotopic (exact) mass is 389 g/mol. The number of amides is 1. The minimum atomic E-state index is -0.113. The fourth-order valence-corrected chi connectivity index (χ4v) is 5.42. The van der Waals surface area contributed by atoms with Crippen molar-refractivity contribution in [3.8, 4) is 0 Å². The molecule has 1 amide bonds. The van der Waals surface area contributed by atoms with Crippen molar-refractivity contribution < 1.29 is 9.53 Å². The molecule has 7 heteroatoms. The summed E-state index contributed by atoms with van der Waals surface area (Å²) < 4.78 is 5.39. The molecular formula is C19H23N3O2S2. The quantitative estimate of drug-likeness (QED) is 0.643. The van der Waals surface area contributed by atoms with Crippen LogP contribution in [0.3, 0.4) is 0 Å². The Hall–Kier alpha value is -1.70. The van der Waals surface area contributed by atoms with Crippen LogP contribution in [0.15, 0.2) is 23.3 Å². The van der Waals surface area contributed by atoms with Crippen molar-refractivity contribution in [2.45, 2.75) is 26.2 Å². The van der Waals surface area contributed by atoms with Gasteiger partial charge in [-0.2, -0.15) is 5.10 Å². The second-order valence-corrected chi connectivity index (χ2v) is 9.11. The Bertz CT molecular complexity index is 806. The highest BCUT2D eigenvalue weighted by Gasteiger charge is 2.20. The Morgan fingerprint density at radius 2 is 2.19 bits per heavy atom. The number of thiophene rings is 2. The van der Waals surface area contributed by atoms with Crippen LogP contribution >= 0.6 is 22.7 Å². The summed E-state index contributed by atoms with van der Waals surface area (Å²) in [5.41, 5.74) is 4.01. The van der Waals surface area contributed by atoms with Crippen molar-refractivity contribution in [1.82, 2.24) is 5.43 Å². The Morgan fingerprint density at radius 3 is 3.04 bits per heavy atom. The molecule has 1 fully saturated rings. The first-order valence-corrected chi connectivity index (χ1v) is 10.7. The fourth-order valence-electron chi connectivity index (χ4n) is 3.39. The number of hydrogen-bond donors (Lipinski definition) is 1. The van der Waals surface area contributed by atoms with Crippen LogP contribution in [0.2, 0.25) is 0 Å². The van der Waals surface area contributed by atoms with Gasteiger partial charge in [0.15, 0.2) is 0 Å². The van der Waals surface area contributed by atoms with Gasteiger partial charge in [-0.1, -0.05) is 6.92 Å². The molecular weight excluding hydrogens is 366 g/mol. The van der Waals surface area contributed by atoms with E-state index in [0.29, 0.717) is 5.92 Å². The van der Waals surface area contributed by atoms with Crippen molar-refractivity contribution in [3.05, 3.63) is 38.4 Å². The van der Waals surface area contributed by atoms with Crippen molar-refractivity contribution in [2.24, 2.45) is 11.0 Å². The average molecular weight is 390 g/mol. The number of nitrogens with zero attached hydrogens (tertiary/aromatic N) is 2. The second-order valence-electron chi connectivity index (χ2n) is 6.88. The molecule has 1 saturated heterocycles. The molecule has 2 aliphatic rings. The third-order valence-corrected chi connectivity index (χ3v) is 7.16. The first-order valence-electron chi connectivity index (χ1n) is 9.06. The highest BCUT2D eigenvalue weighted by molar-refractivity contribution is 7.17. The molecule has 5 nitrogen and oxygen atoms in total. The zero-order valence-electron chi connectivity index (χ0n) is 14.9. The molecule has 0 bridgehead atoms. The number of ether oxygens (including phenoxy) is 1. The minimum Gasteiger partial charge on any atom is -0.378 e. The van der Waals surface area contributed by atoms with Crippen LogP contribution in [-0.4, -0.2) is 38.4 Å². The van der Waals surface area contributed by atoms with Gasteiger partial charge < -0.3 is 9.64 Å². The van der Waals surface area contributed by atoms with E-state index >= 15 is 0 Å². The standard InChI is InChI=1S/C19H23N3O2S2/c1-13-2-4-16-14(10-13)11-17(26-16)19(23)21-20-12-15-3-5-18(25-15)22-6-8-24-9-7-22/h3,5,11-13H,2,4,6-10H2,1H3,(H,21,23). The van der Waals surface area contributed by atoms with Gasteiger partial charge in [-0.05, 0) is 48.9 Å². The molecule has 3 heterocycles. The van der Waals surface area contributed by atoms with Crippen LogP contribution in [0.1, 0.15) is 38.3 Å². The maximum atomic E-state index is 12.4. The lowest BCUT2D eigenvalue weighted by molar-refractivity contribution is 0.0959. The maximum Gasteiger partial charge on any atom is 0.281 e. The fraction of sp³-hybridized carbons (Fsp3) is 0.474. The van der Waals surface area contributed by atoms with Crippen LogP contribution in [0.4, 0.5) is 5.00 Å². The number of anilines is 1. The number of aryl methyl sites for hydroxylation is 1. The van der Waals surface area contributed by atoms with E-state index in [1.165, 1.54) is 21.9 Å². The van der Waals surface area contributed by atoms with Crippen molar-refractivity contribution in [1.29, 1.82) is 0 Å². The average Bonchev–Trinajstić information content (AvgIpc) is 3.29. The van der Waals surface area contributed by atoms with Crippen LogP contribution in [0, 0.1) is 5.92 Å². The molecule has 1 aliphatic heterocycles. The van der Waals surface area contributed by atoms with Gasteiger partial charge in [0.05, 0.1) is 29.3 Å². The number of morpholine rings is 1.